The van der Waals surface area contributed by atoms with Crippen molar-refractivity contribution in [3.05, 3.63) is 0 Å². The van der Waals surface area contributed by atoms with Crippen molar-refractivity contribution in [1.82, 2.24) is 2.44 Å². The van der Waals surface area contributed by atoms with Gasteiger partial charge in [-0.1, -0.05) is 0 Å². The number of hydrogen-bond donors (Lipinski definition) is 0. The van der Waals surface area contributed by atoms with Crippen LogP contribution >= 0.6 is 17.7 Å². The molecule has 0 aromatic rings. The molecule has 0 bridgehead atoms. The molecule has 1 heterocycles. The fraction of sp³-hybridized carbons (Fsp3) is 1.00. The molecule has 0 saturated carbocycles. The van der Waals surface area contributed by atoms with Gasteiger partial charge < -0.3 is 0 Å². The summed E-state index contributed by atoms with van der Waals surface area (Å²) < 4.78 is 4.93. The molecular formula is C8H18Cl2N2Sb2. The zero-order chi connectivity index (χ0) is 11.3. The van der Waals surface area contributed by atoms with Gasteiger partial charge in [0.05, 0.1) is 0 Å². The van der Waals surface area contributed by atoms with E-state index < -0.39 is 39.2 Å². The van der Waals surface area contributed by atoms with E-state index in [0.717, 1.165) is 0 Å². The van der Waals surface area contributed by atoms with Crippen LogP contribution in [0.1, 0.15) is 41.5 Å². The van der Waals surface area contributed by atoms with Crippen molar-refractivity contribution in [2.24, 2.45) is 0 Å². The zero-order valence-corrected chi connectivity index (χ0v) is 16.2. The van der Waals surface area contributed by atoms with Gasteiger partial charge in [-0.3, -0.25) is 0 Å². The minimum absolute atomic E-state index is 0.177. The number of halogens is 2. The summed E-state index contributed by atoms with van der Waals surface area (Å²) >= 11 is -3.73. The van der Waals surface area contributed by atoms with E-state index in [1.165, 1.54) is 0 Å². The summed E-state index contributed by atoms with van der Waals surface area (Å²) in [6.07, 6.45) is 0. The van der Waals surface area contributed by atoms with Crippen LogP contribution in [0.3, 0.4) is 0 Å². The molecule has 14 heavy (non-hydrogen) atoms. The molecular weight excluding hydrogens is 439 g/mol. The van der Waals surface area contributed by atoms with Gasteiger partial charge in [-0.25, -0.2) is 0 Å². The second-order valence-corrected chi connectivity index (χ2v) is 22.4. The molecule has 2 nitrogen and oxygen atoms in total. The molecule has 0 N–H and O–H groups in total. The Kier molecular flexibility index (Phi) is 4.49. The van der Waals surface area contributed by atoms with E-state index in [-0.39, 0.29) is 11.1 Å². The minimum atomic E-state index is -1.87. The van der Waals surface area contributed by atoms with Gasteiger partial charge in [0.2, 0.25) is 0 Å². The maximum absolute atomic E-state index is 6.54. The van der Waals surface area contributed by atoms with Crippen LogP contribution in [0.5, 0.6) is 0 Å². The first kappa shape index (κ1) is 14.2. The Bertz CT molecular complexity index is 192. The normalized spacial score (nSPS) is 24.0. The predicted octanol–water partition coefficient (Wildman–Crippen LogP) is 2.65. The number of hydrogen-bond acceptors (Lipinski definition) is 2. The Hall–Kier alpha value is 2.14. The second-order valence-electron chi connectivity index (χ2n) is 5.40. The molecule has 1 aliphatic heterocycles. The molecule has 1 fully saturated rings. The Morgan fingerprint density at radius 3 is 1.07 bits per heavy atom. The van der Waals surface area contributed by atoms with E-state index in [0.29, 0.717) is 0 Å². The van der Waals surface area contributed by atoms with E-state index in [1.807, 2.05) is 0 Å². The van der Waals surface area contributed by atoms with Crippen LogP contribution in [0.25, 0.3) is 0 Å². The van der Waals surface area contributed by atoms with Crippen molar-refractivity contribution in [2.75, 3.05) is 0 Å². The maximum atomic E-state index is 6.54. The van der Waals surface area contributed by atoms with E-state index in [4.69, 9.17) is 17.7 Å². The summed E-state index contributed by atoms with van der Waals surface area (Å²) in [7, 11) is 13.1. The van der Waals surface area contributed by atoms with Gasteiger partial charge in [-0.2, -0.15) is 0 Å². The van der Waals surface area contributed by atoms with Crippen molar-refractivity contribution >= 4 is 56.9 Å². The molecule has 1 aliphatic rings. The quantitative estimate of drug-likeness (QED) is 0.517. The van der Waals surface area contributed by atoms with Crippen molar-refractivity contribution in [2.45, 2.75) is 52.6 Å². The van der Waals surface area contributed by atoms with Crippen molar-refractivity contribution in [3.63, 3.8) is 0 Å². The Morgan fingerprint density at radius 1 is 0.714 bits per heavy atom. The molecule has 0 atom stereocenters. The molecule has 6 heteroatoms. The van der Waals surface area contributed by atoms with Crippen molar-refractivity contribution in [1.29, 1.82) is 0 Å². The van der Waals surface area contributed by atoms with Crippen LogP contribution in [-0.2, 0) is 0 Å². The summed E-state index contributed by atoms with van der Waals surface area (Å²) in [5.74, 6) is 0. The number of rotatable bonds is 0. The Labute approximate surface area is 111 Å². The molecule has 0 spiro atoms. The van der Waals surface area contributed by atoms with Crippen LogP contribution in [0.2, 0.25) is 0 Å². The SMILES string of the molecule is CC(C)(C)[N]1[Sb]([Cl])[N](C(C)(C)C)[Sb]1[Cl]. The third-order valence-electron chi connectivity index (χ3n) is 1.83. The van der Waals surface area contributed by atoms with Gasteiger partial charge in [-0.05, 0) is 0 Å². The molecule has 0 aromatic carbocycles. The first-order chi connectivity index (χ1) is 6.07. The molecule has 0 amide bonds. The summed E-state index contributed by atoms with van der Waals surface area (Å²) in [6, 6.07) is 0. The van der Waals surface area contributed by atoms with Crippen LogP contribution in [0.4, 0.5) is 0 Å². The standard InChI is InChI=1S/2C4H9N.2ClH.2Sb/c2*1-4(2,3)5;;;;/h2*1-3H3;2*1H;;/q;;;;2*+1/p-2. The molecule has 1 rings (SSSR count). The average molecular weight is 457 g/mol. The summed E-state index contributed by atoms with van der Waals surface area (Å²) in [5.41, 5.74) is 0.355. The zero-order valence-electron chi connectivity index (χ0n) is 9.54. The van der Waals surface area contributed by atoms with Crippen LogP contribution in [0.15, 0.2) is 0 Å². The van der Waals surface area contributed by atoms with Crippen molar-refractivity contribution < 1.29 is 0 Å². The van der Waals surface area contributed by atoms with Crippen LogP contribution in [0, 0.1) is 0 Å². The summed E-state index contributed by atoms with van der Waals surface area (Å²) in [5, 5.41) is 0. The van der Waals surface area contributed by atoms with E-state index >= 15 is 0 Å². The van der Waals surface area contributed by atoms with Gasteiger partial charge >= 0.3 is 112 Å². The topological polar surface area (TPSA) is 6.48 Å². The van der Waals surface area contributed by atoms with Gasteiger partial charge in [0.1, 0.15) is 0 Å². The van der Waals surface area contributed by atoms with Crippen LogP contribution in [-0.4, -0.2) is 52.8 Å². The first-order valence-corrected chi connectivity index (χ1v) is 15.6. The third kappa shape index (κ3) is 2.69. The monoisotopic (exact) mass is 454 g/mol. The average Bonchev–Trinajstić information content (AvgIpc) is 1.78. The molecule has 0 radical (unpaired) electrons. The first-order valence-electron chi connectivity index (χ1n) is 4.59. The second kappa shape index (κ2) is 4.43. The van der Waals surface area contributed by atoms with Gasteiger partial charge in [0.25, 0.3) is 0 Å². The fourth-order valence-corrected chi connectivity index (χ4v) is 36.9. The number of nitrogens with zero attached hydrogens (tertiary/aromatic N) is 2. The molecule has 0 unspecified atom stereocenters. The molecule has 0 aliphatic carbocycles. The Balaban J connectivity index is 2.76. The molecule has 0 aromatic heterocycles. The Morgan fingerprint density at radius 2 is 0.929 bits per heavy atom. The van der Waals surface area contributed by atoms with E-state index in [9.17, 15) is 0 Å². The van der Waals surface area contributed by atoms with Gasteiger partial charge in [0, 0.05) is 0 Å². The summed E-state index contributed by atoms with van der Waals surface area (Å²) in [4.78, 5) is 0. The molecule has 1 saturated heterocycles. The van der Waals surface area contributed by atoms with Gasteiger partial charge in [0.15, 0.2) is 0 Å². The predicted molar refractivity (Wildman–Crippen MR) is 66.4 cm³/mol. The van der Waals surface area contributed by atoms with E-state index in [1.54, 1.807) is 0 Å². The van der Waals surface area contributed by atoms with Crippen molar-refractivity contribution in [3.8, 4) is 0 Å². The van der Waals surface area contributed by atoms with Gasteiger partial charge in [-0.15, -0.1) is 0 Å². The van der Waals surface area contributed by atoms with E-state index in [2.05, 4.69) is 44.0 Å². The summed E-state index contributed by atoms with van der Waals surface area (Å²) in [6.45, 7) is 13.3. The van der Waals surface area contributed by atoms with Crippen LogP contribution < -0.4 is 0 Å². The molecule has 84 valence electrons. The third-order valence-corrected chi connectivity index (χ3v) is 37.7. The fourth-order valence-electron chi connectivity index (χ4n) is 1.24.